The number of halogens is 5. The van der Waals surface area contributed by atoms with E-state index in [1.807, 2.05) is 0 Å². The van der Waals surface area contributed by atoms with Gasteiger partial charge in [0.1, 0.15) is 11.6 Å². The van der Waals surface area contributed by atoms with Gasteiger partial charge in [0.15, 0.2) is 0 Å². The number of carbonyl (C=O) groups is 1. The molecule has 162 valence electrons. The molecule has 1 aliphatic heterocycles. The van der Waals surface area contributed by atoms with Crippen LogP contribution in [0.1, 0.15) is 17.3 Å². The molecule has 1 fully saturated rings. The van der Waals surface area contributed by atoms with E-state index in [0.717, 1.165) is 31.5 Å². The molecule has 1 unspecified atom stereocenters. The zero-order valence-electron chi connectivity index (χ0n) is 16.1. The Morgan fingerprint density at radius 3 is 2.67 bits per heavy atom. The SMILES string of the molecule is CC1CN(c2ccc(C(=O)Nc3cc(OC(F)(F)F)c(Br)cc3Cl)cn2)CCN1C. The molecule has 0 aliphatic carbocycles. The maximum absolute atomic E-state index is 12.5. The lowest BCUT2D eigenvalue weighted by molar-refractivity contribution is -0.274. The third-order valence-corrected chi connectivity index (χ3v) is 5.72. The number of ether oxygens (including phenoxy) is 1. The van der Waals surface area contributed by atoms with E-state index < -0.39 is 18.0 Å². The smallest absolute Gasteiger partial charge is 0.405 e. The third-order valence-electron chi connectivity index (χ3n) is 4.79. The molecule has 6 nitrogen and oxygen atoms in total. The summed E-state index contributed by atoms with van der Waals surface area (Å²) in [5, 5.41) is 2.55. The number of aromatic nitrogens is 1. The summed E-state index contributed by atoms with van der Waals surface area (Å²) in [5.74, 6) is -0.308. The molecule has 2 heterocycles. The minimum Gasteiger partial charge on any atom is -0.405 e. The van der Waals surface area contributed by atoms with Gasteiger partial charge < -0.3 is 19.9 Å². The van der Waals surface area contributed by atoms with Crippen molar-refractivity contribution in [1.82, 2.24) is 9.88 Å². The summed E-state index contributed by atoms with van der Waals surface area (Å²) >= 11 is 9.01. The topological polar surface area (TPSA) is 57.7 Å². The molecule has 1 aromatic carbocycles. The molecular weight excluding hydrogens is 489 g/mol. The number of amides is 1. The summed E-state index contributed by atoms with van der Waals surface area (Å²) in [5.41, 5.74) is 0.235. The first-order chi connectivity index (χ1) is 14.0. The number of nitrogens with one attached hydrogen (secondary N) is 1. The summed E-state index contributed by atoms with van der Waals surface area (Å²) in [4.78, 5) is 21.3. The highest BCUT2D eigenvalue weighted by Crippen LogP contribution is 2.37. The Hall–Kier alpha value is -2.04. The quantitative estimate of drug-likeness (QED) is 0.645. The van der Waals surface area contributed by atoms with Crippen molar-refractivity contribution in [3.05, 3.63) is 45.5 Å². The Kier molecular flexibility index (Phi) is 6.78. The van der Waals surface area contributed by atoms with Crippen molar-refractivity contribution in [2.24, 2.45) is 0 Å². The van der Waals surface area contributed by atoms with Crippen LogP contribution in [0.25, 0.3) is 0 Å². The van der Waals surface area contributed by atoms with Crippen molar-refractivity contribution in [2.75, 3.05) is 36.9 Å². The highest BCUT2D eigenvalue weighted by molar-refractivity contribution is 9.10. The molecule has 1 amide bonds. The maximum Gasteiger partial charge on any atom is 0.573 e. The van der Waals surface area contributed by atoms with Crippen molar-refractivity contribution in [2.45, 2.75) is 19.3 Å². The van der Waals surface area contributed by atoms with E-state index in [0.29, 0.717) is 6.04 Å². The number of piperazine rings is 1. The molecule has 11 heteroatoms. The number of likely N-dealkylation sites (N-methyl/N-ethyl adjacent to an activating group) is 1. The van der Waals surface area contributed by atoms with Crippen LogP contribution in [-0.4, -0.2) is 54.9 Å². The van der Waals surface area contributed by atoms with Crippen LogP contribution < -0.4 is 15.0 Å². The lowest BCUT2D eigenvalue weighted by atomic mass is 10.2. The van der Waals surface area contributed by atoms with Crippen LogP contribution in [-0.2, 0) is 0 Å². The molecule has 0 saturated carbocycles. The molecular formula is C19H19BrClF3N4O2. The lowest BCUT2D eigenvalue weighted by Gasteiger charge is -2.38. The number of carbonyl (C=O) groups excluding carboxylic acids is 1. The molecule has 0 radical (unpaired) electrons. The summed E-state index contributed by atoms with van der Waals surface area (Å²) in [6.07, 6.45) is -3.45. The van der Waals surface area contributed by atoms with Gasteiger partial charge in [0.25, 0.3) is 5.91 Å². The van der Waals surface area contributed by atoms with Crippen LogP contribution in [0.15, 0.2) is 34.9 Å². The number of anilines is 2. The largest absolute Gasteiger partial charge is 0.573 e. The highest BCUT2D eigenvalue weighted by atomic mass is 79.9. The average molecular weight is 508 g/mol. The fourth-order valence-corrected chi connectivity index (χ4v) is 3.75. The van der Waals surface area contributed by atoms with Gasteiger partial charge in [0.2, 0.25) is 0 Å². The number of nitrogens with zero attached hydrogens (tertiary/aromatic N) is 3. The number of pyridine rings is 1. The van der Waals surface area contributed by atoms with Gasteiger partial charge in [-0.25, -0.2) is 4.98 Å². The van der Waals surface area contributed by atoms with Crippen LogP contribution in [0.4, 0.5) is 24.7 Å². The molecule has 1 aliphatic rings. The monoisotopic (exact) mass is 506 g/mol. The van der Waals surface area contributed by atoms with E-state index >= 15 is 0 Å². The minimum atomic E-state index is -4.88. The predicted molar refractivity (Wildman–Crippen MR) is 112 cm³/mol. The molecule has 1 atom stereocenters. The van der Waals surface area contributed by atoms with E-state index in [4.69, 9.17) is 11.6 Å². The molecule has 3 rings (SSSR count). The summed E-state index contributed by atoms with van der Waals surface area (Å²) in [6, 6.07) is 5.96. The number of hydrogen-bond acceptors (Lipinski definition) is 5. The molecule has 1 N–H and O–H groups in total. The van der Waals surface area contributed by atoms with Crippen LogP contribution in [0.5, 0.6) is 5.75 Å². The zero-order valence-corrected chi connectivity index (χ0v) is 18.5. The Bertz CT molecular complexity index is 927. The Labute approximate surface area is 185 Å². The Morgan fingerprint density at radius 2 is 2.07 bits per heavy atom. The van der Waals surface area contributed by atoms with Gasteiger partial charge in [-0.05, 0) is 48.1 Å². The third kappa shape index (κ3) is 5.55. The Balaban J connectivity index is 1.72. The van der Waals surface area contributed by atoms with E-state index in [1.165, 1.54) is 12.3 Å². The summed E-state index contributed by atoms with van der Waals surface area (Å²) in [7, 11) is 2.07. The van der Waals surface area contributed by atoms with Crippen molar-refractivity contribution in [3.8, 4) is 5.75 Å². The van der Waals surface area contributed by atoms with E-state index in [1.54, 1.807) is 12.1 Å². The van der Waals surface area contributed by atoms with E-state index in [9.17, 15) is 18.0 Å². The second-order valence-electron chi connectivity index (χ2n) is 6.95. The second-order valence-corrected chi connectivity index (χ2v) is 8.21. The highest BCUT2D eigenvalue weighted by Gasteiger charge is 2.32. The maximum atomic E-state index is 12.5. The van der Waals surface area contributed by atoms with Crippen LogP contribution in [0, 0.1) is 0 Å². The van der Waals surface area contributed by atoms with Crippen molar-refractivity contribution in [3.63, 3.8) is 0 Å². The average Bonchev–Trinajstić information content (AvgIpc) is 2.67. The molecule has 1 saturated heterocycles. The van der Waals surface area contributed by atoms with Gasteiger partial charge in [-0.1, -0.05) is 11.6 Å². The standard InChI is InChI=1S/C19H19BrClF3N4O2/c1-11-10-28(6-5-27(11)2)17-4-3-12(9-25-17)18(29)26-15-8-16(30-19(22,23)24)13(20)7-14(15)21/h3-4,7-9,11H,5-6,10H2,1-2H3,(H,26,29). The lowest BCUT2D eigenvalue weighted by Crippen LogP contribution is -2.50. The zero-order chi connectivity index (χ0) is 22.1. The molecule has 2 aromatic rings. The number of benzene rings is 1. The molecule has 0 bridgehead atoms. The van der Waals surface area contributed by atoms with Crippen molar-refractivity contribution < 1.29 is 22.7 Å². The molecule has 1 aromatic heterocycles. The normalized spacial score (nSPS) is 17.7. The Morgan fingerprint density at radius 1 is 1.33 bits per heavy atom. The molecule has 30 heavy (non-hydrogen) atoms. The fourth-order valence-electron chi connectivity index (χ4n) is 2.99. The number of hydrogen-bond donors (Lipinski definition) is 1. The number of alkyl halides is 3. The number of rotatable bonds is 4. The van der Waals surface area contributed by atoms with Gasteiger partial charge in [-0.2, -0.15) is 0 Å². The summed E-state index contributed by atoms with van der Waals surface area (Å²) < 4.78 is 41.6. The van der Waals surface area contributed by atoms with Crippen molar-refractivity contribution >= 4 is 44.9 Å². The van der Waals surface area contributed by atoms with E-state index in [2.05, 4.69) is 54.7 Å². The predicted octanol–water partition coefficient (Wildman–Crippen LogP) is 4.79. The first kappa shape index (κ1) is 22.6. The van der Waals surface area contributed by atoms with Crippen LogP contribution >= 0.6 is 27.5 Å². The van der Waals surface area contributed by atoms with Gasteiger partial charge in [0.05, 0.1) is 20.7 Å². The van der Waals surface area contributed by atoms with Crippen molar-refractivity contribution in [1.29, 1.82) is 0 Å². The first-order valence-electron chi connectivity index (χ1n) is 9.01. The van der Waals surface area contributed by atoms with Gasteiger partial charge in [-0.15, -0.1) is 13.2 Å². The summed E-state index contributed by atoms with van der Waals surface area (Å²) in [6.45, 7) is 4.70. The first-order valence-corrected chi connectivity index (χ1v) is 10.2. The second kappa shape index (κ2) is 8.99. The molecule has 0 spiro atoms. The van der Waals surface area contributed by atoms with E-state index in [-0.39, 0.29) is 20.7 Å². The van der Waals surface area contributed by atoms with Crippen LogP contribution in [0.3, 0.4) is 0 Å². The van der Waals surface area contributed by atoms with Gasteiger partial charge in [0, 0.05) is 37.9 Å². The van der Waals surface area contributed by atoms with Gasteiger partial charge in [-0.3, -0.25) is 4.79 Å². The van der Waals surface area contributed by atoms with Crippen LogP contribution in [0.2, 0.25) is 5.02 Å². The fraction of sp³-hybridized carbons (Fsp3) is 0.368. The van der Waals surface area contributed by atoms with Gasteiger partial charge >= 0.3 is 6.36 Å². The minimum absolute atomic E-state index is 0.00949.